The summed E-state index contributed by atoms with van der Waals surface area (Å²) in [4.78, 5) is 26.8. The van der Waals surface area contributed by atoms with Gasteiger partial charge in [-0.2, -0.15) is 0 Å². The number of primary amides is 1. The Kier molecular flexibility index (Phi) is 6.27. The largest absolute Gasteiger partial charge is 0.444 e. The van der Waals surface area contributed by atoms with Crippen molar-refractivity contribution >= 4 is 12.0 Å². The second-order valence-corrected chi connectivity index (χ2v) is 5.92. The van der Waals surface area contributed by atoms with Gasteiger partial charge in [0.05, 0.1) is 12.1 Å². The number of carbonyl (C=O) groups is 2. The molecule has 7 heteroatoms. The molecule has 1 saturated heterocycles. The molecule has 1 aromatic rings. The minimum Gasteiger partial charge on any atom is -0.444 e. The fourth-order valence-electron chi connectivity index (χ4n) is 1.72. The summed E-state index contributed by atoms with van der Waals surface area (Å²) in [6, 6.07) is 3.29. The standard InChI is InChI=1S/C9H16FNO2.C6H6N2O/c1-9(2,3)13-8(12)11-5-4-7(10)6-11;7-6(9)5-2-1-3-8-4-5/h7H,4-6H2,1-3H3;1-4H,(H2,7,9). The lowest BCUT2D eigenvalue weighted by molar-refractivity contribution is 0.0284. The van der Waals surface area contributed by atoms with Crippen LogP contribution in [0, 0.1) is 0 Å². The van der Waals surface area contributed by atoms with Crippen LogP contribution >= 0.6 is 0 Å². The van der Waals surface area contributed by atoms with E-state index >= 15 is 0 Å². The van der Waals surface area contributed by atoms with Gasteiger partial charge < -0.3 is 15.4 Å². The zero-order chi connectivity index (χ0) is 16.8. The predicted octanol–water partition coefficient (Wildman–Crippen LogP) is 2.15. The second-order valence-electron chi connectivity index (χ2n) is 5.92. The minimum absolute atomic E-state index is 0.176. The van der Waals surface area contributed by atoms with Gasteiger partial charge in [0, 0.05) is 18.9 Å². The molecule has 0 spiro atoms. The third-order valence-corrected chi connectivity index (χ3v) is 2.73. The highest BCUT2D eigenvalue weighted by Gasteiger charge is 2.29. The van der Waals surface area contributed by atoms with Gasteiger partial charge in [0.2, 0.25) is 5.91 Å². The summed E-state index contributed by atoms with van der Waals surface area (Å²) in [5.41, 5.74) is 4.88. The van der Waals surface area contributed by atoms with Gasteiger partial charge in [-0.1, -0.05) is 0 Å². The highest BCUT2D eigenvalue weighted by atomic mass is 19.1. The smallest absolute Gasteiger partial charge is 0.410 e. The average molecular weight is 311 g/mol. The van der Waals surface area contributed by atoms with E-state index in [9.17, 15) is 14.0 Å². The fraction of sp³-hybridized carbons (Fsp3) is 0.533. The summed E-state index contributed by atoms with van der Waals surface area (Å²) in [5, 5.41) is 0. The van der Waals surface area contributed by atoms with Crippen molar-refractivity contribution in [1.29, 1.82) is 0 Å². The molecule has 122 valence electrons. The van der Waals surface area contributed by atoms with Crippen LogP contribution in [0.5, 0.6) is 0 Å². The molecule has 0 aromatic carbocycles. The molecule has 2 amide bonds. The first-order chi connectivity index (χ1) is 10.2. The fourth-order valence-corrected chi connectivity index (χ4v) is 1.72. The van der Waals surface area contributed by atoms with E-state index in [0.29, 0.717) is 18.5 Å². The van der Waals surface area contributed by atoms with Gasteiger partial charge >= 0.3 is 6.09 Å². The minimum atomic E-state index is -0.882. The first-order valence-corrected chi connectivity index (χ1v) is 7.01. The monoisotopic (exact) mass is 311 g/mol. The van der Waals surface area contributed by atoms with E-state index in [1.165, 1.54) is 11.1 Å². The third kappa shape index (κ3) is 6.51. The number of hydrogen-bond acceptors (Lipinski definition) is 4. The molecule has 1 atom stereocenters. The first-order valence-electron chi connectivity index (χ1n) is 7.01. The Morgan fingerprint density at radius 1 is 1.45 bits per heavy atom. The van der Waals surface area contributed by atoms with Crippen molar-refractivity contribution < 1.29 is 18.7 Å². The van der Waals surface area contributed by atoms with Crippen molar-refractivity contribution in [2.75, 3.05) is 13.1 Å². The molecule has 0 saturated carbocycles. The van der Waals surface area contributed by atoms with Gasteiger partial charge in [0.25, 0.3) is 0 Å². The van der Waals surface area contributed by atoms with Crippen LogP contribution in [0.3, 0.4) is 0 Å². The van der Waals surface area contributed by atoms with Crippen LogP contribution in [-0.4, -0.2) is 46.7 Å². The molecule has 2 rings (SSSR count). The summed E-state index contributed by atoms with van der Waals surface area (Å²) >= 11 is 0. The van der Waals surface area contributed by atoms with E-state index in [-0.39, 0.29) is 6.54 Å². The number of amides is 2. The van der Waals surface area contributed by atoms with Gasteiger partial charge in [-0.3, -0.25) is 9.78 Å². The lowest BCUT2D eigenvalue weighted by Crippen LogP contribution is -2.35. The van der Waals surface area contributed by atoms with E-state index < -0.39 is 23.8 Å². The number of halogens is 1. The van der Waals surface area contributed by atoms with Gasteiger partial charge in [-0.25, -0.2) is 9.18 Å². The van der Waals surface area contributed by atoms with Gasteiger partial charge in [0.1, 0.15) is 11.8 Å². The molecule has 6 nitrogen and oxygen atoms in total. The van der Waals surface area contributed by atoms with Gasteiger partial charge in [0.15, 0.2) is 0 Å². The number of alkyl halides is 1. The average Bonchev–Trinajstić information content (AvgIpc) is 2.85. The summed E-state index contributed by atoms with van der Waals surface area (Å²) in [5.74, 6) is -0.442. The number of carbonyl (C=O) groups excluding carboxylic acids is 2. The molecule has 1 aliphatic heterocycles. The van der Waals surface area contributed by atoms with Crippen molar-refractivity contribution in [3.63, 3.8) is 0 Å². The Labute approximate surface area is 129 Å². The summed E-state index contributed by atoms with van der Waals surface area (Å²) < 4.78 is 17.8. The summed E-state index contributed by atoms with van der Waals surface area (Å²) in [7, 11) is 0. The number of likely N-dealkylation sites (tertiary alicyclic amines) is 1. The van der Waals surface area contributed by atoms with Gasteiger partial charge in [-0.05, 0) is 39.3 Å². The molecule has 0 bridgehead atoms. The number of pyridine rings is 1. The van der Waals surface area contributed by atoms with Crippen LogP contribution in [0.1, 0.15) is 37.6 Å². The van der Waals surface area contributed by atoms with Crippen molar-refractivity contribution in [3.8, 4) is 0 Å². The van der Waals surface area contributed by atoms with E-state index in [1.54, 1.807) is 39.1 Å². The van der Waals surface area contributed by atoms with Crippen LogP contribution in [0.4, 0.5) is 9.18 Å². The maximum Gasteiger partial charge on any atom is 0.410 e. The lowest BCUT2D eigenvalue weighted by atomic mass is 10.2. The summed E-state index contributed by atoms with van der Waals surface area (Å²) in [6.07, 6.45) is 2.16. The Morgan fingerprint density at radius 3 is 2.50 bits per heavy atom. The highest BCUT2D eigenvalue weighted by molar-refractivity contribution is 5.92. The number of nitrogens with two attached hydrogens (primary N) is 1. The van der Waals surface area contributed by atoms with E-state index in [2.05, 4.69) is 4.98 Å². The molecule has 2 N–H and O–H groups in total. The van der Waals surface area contributed by atoms with E-state index in [0.717, 1.165) is 0 Å². The topological polar surface area (TPSA) is 85.5 Å². The molecule has 1 aliphatic rings. The van der Waals surface area contributed by atoms with Crippen LogP contribution < -0.4 is 5.73 Å². The molecule has 22 heavy (non-hydrogen) atoms. The summed E-state index contributed by atoms with van der Waals surface area (Å²) in [6.45, 7) is 6.04. The Hall–Kier alpha value is -2.18. The molecule has 0 radical (unpaired) electrons. The molecule has 1 fully saturated rings. The highest BCUT2D eigenvalue weighted by Crippen LogP contribution is 2.16. The van der Waals surface area contributed by atoms with Crippen LogP contribution in [-0.2, 0) is 4.74 Å². The van der Waals surface area contributed by atoms with E-state index in [1.807, 2.05) is 0 Å². The number of ether oxygens (including phenoxy) is 1. The second kappa shape index (κ2) is 7.72. The molecular weight excluding hydrogens is 289 g/mol. The van der Waals surface area contributed by atoms with Crippen LogP contribution in [0.25, 0.3) is 0 Å². The Morgan fingerprint density at radius 2 is 2.14 bits per heavy atom. The SMILES string of the molecule is CC(C)(C)OC(=O)N1CCC(F)C1.NC(=O)c1cccnc1. The molecule has 1 aromatic heterocycles. The zero-order valence-corrected chi connectivity index (χ0v) is 13.1. The zero-order valence-electron chi connectivity index (χ0n) is 13.1. The number of aromatic nitrogens is 1. The molecule has 0 aliphatic carbocycles. The molecular formula is C15H22FN3O3. The van der Waals surface area contributed by atoms with Crippen molar-refractivity contribution in [1.82, 2.24) is 9.88 Å². The Balaban J connectivity index is 0.000000235. The molecule has 1 unspecified atom stereocenters. The maximum absolute atomic E-state index is 12.7. The number of hydrogen-bond donors (Lipinski definition) is 1. The van der Waals surface area contributed by atoms with Crippen LogP contribution in [0.15, 0.2) is 24.5 Å². The normalized spacial score (nSPS) is 17.5. The van der Waals surface area contributed by atoms with Crippen LogP contribution in [0.2, 0.25) is 0 Å². The van der Waals surface area contributed by atoms with Crippen molar-refractivity contribution in [3.05, 3.63) is 30.1 Å². The van der Waals surface area contributed by atoms with Crippen molar-refractivity contribution in [2.45, 2.75) is 39.0 Å². The third-order valence-electron chi connectivity index (χ3n) is 2.73. The van der Waals surface area contributed by atoms with Crippen molar-refractivity contribution in [2.24, 2.45) is 5.73 Å². The predicted molar refractivity (Wildman–Crippen MR) is 80.1 cm³/mol. The first kappa shape index (κ1) is 17.9. The number of nitrogens with zero attached hydrogens (tertiary/aromatic N) is 2. The molecule has 2 heterocycles. The number of rotatable bonds is 1. The maximum atomic E-state index is 12.7. The Bertz CT molecular complexity index is 503. The van der Waals surface area contributed by atoms with Gasteiger partial charge in [-0.15, -0.1) is 0 Å². The quantitative estimate of drug-likeness (QED) is 0.861. The van der Waals surface area contributed by atoms with E-state index in [4.69, 9.17) is 10.5 Å². The lowest BCUT2D eigenvalue weighted by Gasteiger charge is -2.23.